The number of nitrogens with zero attached hydrogens (tertiary/aromatic N) is 1. The van der Waals surface area contributed by atoms with Crippen LogP contribution < -0.4 is 0 Å². The maximum absolute atomic E-state index is 13.7. The first-order valence-corrected chi connectivity index (χ1v) is 7.25. The number of halogens is 1. The Morgan fingerprint density at radius 3 is 2.50 bits per heavy atom. The Labute approximate surface area is 138 Å². The summed E-state index contributed by atoms with van der Waals surface area (Å²) in [5.41, 5.74) is 1.35. The highest BCUT2D eigenvalue weighted by Gasteiger charge is 2.08. The summed E-state index contributed by atoms with van der Waals surface area (Å²) in [6, 6.07) is 18.0. The maximum atomic E-state index is 13.7. The molecule has 0 aliphatic carbocycles. The van der Waals surface area contributed by atoms with Gasteiger partial charge in [-0.05, 0) is 60.7 Å². The predicted octanol–water partition coefficient (Wildman–Crippen LogP) is 4.85. The van der Waals surface area contributed by atoms with Gasteiger partial charge in [-0.15, -0.1) is 0 Å². The van der Waals surface area contributed by atoms with Crippen LogP contribution in [0.3, 0.4) is 0 Å². The van der Waals surface area contributed by atoms with Crippen LogP contribution in [0.4, 0.5) is 4.39 Å². The van der Waals surface area contributed by atoms with Crippen LogP contribution in [0.5, 0.6) is 0 Å². The molecule has 0 aliphatic heterocycles. The number of rotatable bonds is 4. The van der Waals surface area contributed by atoms with Crippen LogP contribution in [0.1, 0.15) is 21.7 Å². The molecule has 24 heavy (non-hydrogen) atoms. The average molecular weight is 317 g/mol. The van der Waals surface area contributed by atoms with Gasteiger partial charge in [-0.2, -0.15) is 5.26 Å². The summed E-state index contributed by atoms with van der Waals surface area (Å²) in [5, 5.41) is 8.75. The molecule has 0 unspecified atom stereocenters. The second kappa shape index (κ2) is 6.76. The molecule has 3 nitrogen and oxygen atoms in total. The van der Waals surface area contributed by atoms with E-state index in [-0.39, 0.29) is 11.6 Å². The lowest BCUT2D eigenvalue weighted by atomic mass is 10.1. The zero-order valence-electron chi connectivity index (χ0n) is 12.6. The normalized spacial score (nSPS) is 10.7. The van der Waals surface area contributed by atoms with E-state index in [9.17, 15) is 9.18 Å². The van der Waals surface area contributed by atoms with E-state index in [1.54, 1.807) is 54.6 Å². The van der Waals surface area contributed by atoms with E-state index in [1.165, 1.54) is 18.2 Å². The fourth-order valence-corrected chi connectivity index (χ4v) is 2.21. The highest BCUT2D eigenvalue weighted by Crippen LogP contribution is 2.25. The summed E-state index contributed by atoms with van der Waals surface area (Å²) in [6.07, 6.45) is 2.91. The van der Waals surface area contributed by atoms with Crippen LogP contribution in [0.15, 0.2) is 71.2 Å². The van der Waals surface area contributed by atoms with Gasteiger partial charge in [-0.3, -0.25) is 4.79 Å². The molecule has 2 aromatic carbocycles. The molecule has 1 heterocycles. The number of carbonyl (C=O) groups excluding carboxylic acids is 1. The van der Waals surface area contributed by atoms with Crippen LogP contribution in [-0.2, 0) is 0 Å². The molecular weight excluding hydrogens is 305 g/mol. The lowest BCUT2D eigenvalue weighted by Crippen LogP contribution is -1.93. The zero-order chi connectivity index (χ0) is 16.9. The molecule has 1 aromatic heterocycles. The van der Waals surface area contributed by atoms with Crippen molar-refractivity contribution in [3.8, 4) is 17.4 Å². The Morgan fingerprint density at radius 1 is 1.04 bits per heavy atom. The van der Waals surface area contributed by atoms with Gasteiger partial charge in [0.25, 0.3) is 0 Å². The third-order valence-electron chi connectivity index (χ3n) is 3.46. The topological polar surface area (TPSA) is 54.0 Å². The van der Waals surface area contributed by atoms with Crippen molar-refractivity contribution >= 4 is 11.9 Å². The van der Waals surface area contributed by atoms with Gasteiger partial charge in [0.15, 0.2) is 5.78 Å². The van der Waals surface area contributed by atoms with Gasteiger partial charge in [-0.25, -0.2) is 4.39 Å². The minimum atomic E-state index is -0.365. The van der Waals surface area contributed by atoms with Crippen LogP contribution in [0, 0.1) is 17.1 Å². The average Bonchev–Trinajstić information content (AvgIpc) is 3.09. The van der Waals surface area contributed by atoms with Gasteiger partial charge in [0.05, 0.1) is 17.2 Å². The molecule has 0 fully saturated rings. The fourth-order valence-electron chi connectivity index (χ4n) is 2.21. The van der Waals surface area contributed by atoms with Gasteiger partial charge in [0.2, 0.25) is 0 Å². The first kappa shape index (κ1) is 15.4. The largest absolute Gasteiger partial charge is 0.457 e. The number of carbonyl (C=O) groups is 1. The van der Waals surface area contributed by atoms with E-state index in [0.717, 1.165) is 0 Å². The number of nitriles is 1. The minimum Gasteiger partial charge on any atom is -0.457 e. The molecule has 0 saturated carbocycles. The monoisotopic (exact) mass is 317 g/mol. The third-order valence-corrected chi connectivity index (χ3v) is 3.46. The number of benzene rings is 2. The molecule has 0 amide bonds. The van der Waals surface area contributed by atoms with Crippen molar-refractivity contribution in [1.29, 1.82) is 5.26 Å². The Hall–Kier alpha value is -3.45. The first-order valence-electron chi connectivity index (χ1n) is 7.25. The lowest BCUT2D eigenvalue weighted by molar-refractivity contribution is 0.104. The molecular formula is C20H12FNO2. The highest BCUT2D eigenvalue weighted by molar-refractivity contribution is 6.06. The molecule has 0 bridgehead atoms. The number of hydrogen-bond acceptors (Lipinski definition) is 3. The summed E-state index contributed by atoms with van der Waals surface area (Å²) < 4.78 is 19.3. The smallest absolute Gasteiger partial charge is 0.185 e. The van der Waals surface area contributed by atoms with Crippen molar-refractivity contribution in [3.05, 3.63) is 89.4 Å². The van der Waals surface area contributed by atoms with Gasteiger partial charge >= 0.3 is 0 Å². The summed E-state index contributed by atoms with van der Waals surface area (Å²) in [6.45, 7) is 0. The second-order valence-corrected chi connectivity index (χ2v) is 5.07. The molecule has 0 saturated heterocycles. The molecule has 0 N–H and O–H groups in total. The van der Waals surface area contributed by atoms with Gasteiger partial charge in [0.1, 0.15) is 17.3 Å². The van der Waals surface area contributed by atoms with Crippen molar-refractivity contribution in [3.63, 3.8) is 0 Å². The van der Waals surface area contributed by atoms with Crippen molar-refractivity contribution in [2.75, 3.05) is 0 Å². The second-order valence-electron chi connectivity index (χ2n) is 5.07. The molecule has 3 rings (SSSR count). The number of hydrogen-bond donors (Lipinski definition) is 0. The number of ketones is 1. The predicted molar refractivity (Wildman–Crippen MR) is 88.6 cm³/mol. The summed E-state index contributed by atoms with van der Waals surface area (Å²) in [7, 11) is 0. The van der Waals surface area contributed by atoms with E-state index in [0.29, 0.717) is 28.2 Å². The van der Waals surface area contributed by atoms with Crippen molar-refractivity contribution in [1.82, 2.24) is 0 Å². The van der Waals surface area contributed by atoms with E-state index in [4.69, 9.17) is 9.68 Å². The molecule has 116 valence electrons. The van der Waals surface area contributed by atoms with Crippen molar-refractivity contribution in [2.45, 2.75) is 0 Å². The molecule has 0 radical (unpaired) electrons. The molecule has 0 spiro atoms. The Bertz CT molecular complexity index is 946. The van der Waals surface area contributed by atoms with Crippen LogP contribution in [0.25, 0.3) is 17.4 Å². The molecule has 4 heteroatoms. The standard InChI is InChI=1S/C20H12FNO2/c21-18-4-2-1-3-17(18)20-12-10-16(24-20)9-11-19(23)15-7-5-14(13-22)6-8-15/h1-12H/b11-9+. The minimum absolute atomic E-state index is 0.205. The fraction of sp³-hybridized carbons (Fsp3) is 0. The maximum Gasteiger partial charge on any atom is 0.185 e. The summed E-state index contributed by atoms with van der Waals surface area (Å²) in [4.78, 5) is 12.1. The first-order chi connectivity index (χ1) is 11.7. The quantitative estimate of drug-likeness (QED) is 0.510. The Balaban J connectivity index is 1.76. The van der Waals surface area contributed by atoms with Crippen LogP contribution in [-0.4, -0.2) is 5.78 Å². The van der Waals surface area contributed by atoms with Gasteiger partial charge in [-0.1, -0.05) is 12.1 Å². The Morgan fingerprint density at radius 2 is 1.79 bits per heavy atom. The third kappa shape index (κ3) is 3.31. The number of allylic oxidation sites excluding steroid dienone is 1. The van der Waals surface area contributed by atoms with E-state index >= 15 is 0 Å². The summed E-state index contributed by atoms with van der Waals surface area (Å²) in [5.74, 6) is 0.285. The lowest BCUT2D eigenvalue weighted by Gasteiger charge is -1.98. The summed E-state index contributed by atoms with van der Waals surface area (Å²) >= 11 is 0. The zero-order valence-corrected chi connectivity index (χ0v) is 12.6. The molecule has 0 atom stereocenters. The van der Waals surface area contributed by atoms with E-state index < -0.39 is 0 Å². The SMILES string of the molecule is N#Cc1ccc(C(=O)/C=C/c2ccc(-c3ccccc3F)o2)cc1. The van der Waals surface area contributed by atoms with E-state index in [2.05, 4.69) is 0 Å². The molecule has 0 aliphatic rings. The number of furan rings is 1. The van der Waals surface area contributed by atoms with Crippen molar-refractivity contribution in [2.24, 2.45) is 0 Å². The molecule has 3 aromatic rings. The van der Waals surface area contributed by atoms with Gasteiger partial charge in [0, 0.05) is 5.56 Å². The highest BCUT2D eigenvalue weighted by atomic mass is 19.1. The van der Waals surface area contributed by atoms with Crippen LogP contribution in [0.2, 0.25) is 0 Å². The Kier molecular flexibility index (Phi) is 4.35. The van der Waals surface area contributed by atoms with Crippen LogP contribution >= 0.6 is 0 Å². The van der Waals surface area contributed by atoms with Crippen molar-refractivity contribution < 1.29 is 13.6 Å². The van der Waals surface area contributed by atoms with Gasteiger partial charge < -0.3 is 4.42 Å². The van der Waals surface area contributed by atoms with E-state index in [1.807, 2.05) is 6.07 Å².